The summed E-state index contributed by atoms with van der Waals surface area (Å²) in [6.45, 7) is 20.3. The van der Waals surface area contributed by atoms with Crippen molar-refractivity contribution in [1.82, 2.24) is 0 Å². The van der Waals surface area contributed by atoms with Gasteiger partial charge in [-0.3, -0.25) is 0 Å². The van der Waals surface area contributed by atoms with Gasteiger partial charge >= 0.3 is 8.56 Å². The lowest BCUT2D eigenvalue weighted by atomic mass is 10.2. The fourth-order valence-corrected chi connectivity index (χ4v) is 13.1. The lowest BCUT2D eigenvalue weighted by Crippen LogP contribution is -2.46. The van der Waals surface area contributed by atoms with Crippen molar-refractivity contribution in [3.05, 3.63) is 0 Å². The van der Waals surface area contributed by atoms with Crippen LogP contribution in [0.15, 0.2) is 0 Å². The fraction of sp³-hybridized carbons (Fsp3) is 1.00. The third-order valence-corrected chi connectivity index (χ3v) is 17.7. The van der Waals surface area contributed by atoms with Crippen LogP contribution in [-0.2, 0) is 8.85 Å². The lowest BCUT2D eigenvalue weighted by Gasteiger charge is -2.38. The van der Waals surface area contributed by atoms with E-state index in [4.69, 9.17) is 8.85 Å². The molecule has 19 heavy (non-hydrogen) atoms. The minimum Gasteiger partial charge on any atom is -0.394 e. The maximum atomic E-state index is 6.11. The Bertz CT molecular complexity index is 244. The Morgan fingerprint density at radius 2 is 1.32 bits per heavy atom. The normalized spacial score (nSPS) is 13.9. The molecule has 0 fully saturated rings. The van der Waals surface area contributed by atoms with Crippen LogP contribution in [0.25, 0.3) is 0 Å². The summed E-state index contributed by atoms with van der Waals surface area (Å²) in [5, 5.41) is 1.49. The van der Waals surface area contributed by atoms with Crippen molar-refractivity contribution in [2.75, 3.05) is 18.6 Å². The van der Waals surface area contributed by atoms with E-state index in [-0.39, 0.29) is 0 Å². The van der Waals surface area contributed by atoms with Crippen molar-refractivity contribution in [3.8, 4) is 0 Å². The first kappa shape index (κ1) is 19.7. The van der Waals surface area contributed by atoms with Gasteiger partial charge in [-0.15, -0.1) is 0 Å². The quantitative estimate of drug-likeness (QED) is 0.544. The van der Waals surface area contributed by atoms with Gasteiger partial charge in [0.2, 0.25) is 0 Å². The van der Waals surface area contributed by atoms with Gasteiger partial charge < -0.3 is 8.85 Å². The second-order valence-electron chi connectivity index (χ2n) is 6.88. The number of hydrogen-bond acceptors (Lipinski definition) is 3. The molecule has 0 aliphatic heterocycles. The molecule has 0 N–H and O–H groups in total. The summed E-state index contributed by atoms with van der Waals surface area (Å²) in [4.78, 5) is 0. The highest BCUT2D eigenvalue weighted by atomic mass is 32.4. The first-order valence-electron chi connectivity index (χ1n) is 7.50. The van der Waals surface area contributed by atoms with Crippen LogP contribution in [0.1, 0.15) is 47.5 Å². The second kappa shape index (κ2) is 8.22. The molecule has 0 atom stereocenters. The molecule has 0 radical (unpaired) electrons. The Labute approximate surface area is 126 Å². The summed E-state index contributed by atoms with van der Waals surface area (Å²) in [6, 6.07) is 0. The molecule has 0 aliphatic rings. The lowest BCUT2D eigenvalue weighted by molar-refractivity contribution is 0.178. The molecule has 0 saturated carbocycles. The third-order valence-electron chi connectivity index (χ3n) is 3.72. The molecule has 0 amide bonds. The Morgan fingerprint density at radius 3 is 1.63 bits per heavy atom. The minimum atomic E-state index is -1.98. The van der Waals surface area contributed by atoms with Crippen LogP contribution < -0.4 is 0 Å². The molecule has 2 nitrogen and oxygen atoms in total. The zero-order chi connectivity index (χ0) is 15.2. The highest BCUT2D eigenvalue weighted by Gasteiger charge is 2.40. The standard InChI is InChI=1S/C14H34O2SSi2/c1-9-11-15-19(8,16-12-10-2)13-17-18(6,7)14(3,4)5/h9-13H2,1-8H3. The Balaban J connectivity index is 4.56. The first-order valence-corrected chi connectivity index (χ1v) is 14.7. The van der Waals surface area contributed by atoms with E-state index in [1.54, 1.807) is 0 Å². The Morgan fingerprint density at radius 1 is 0.895 bits per heavy atom. The van der Waals surface area contributed by atoms with Gasteiger partial charge in [-0.2, -0.15) is 11.2 Å². The highest BCUT2D eigenvalue weighted by Crippen LogP contribution is 2.44. The molecule has 0 aliphatic carbocycles. The predicted octanol–water partition coefficient (Wildman–Crippen LogP) is 5.19. The monoisotopic (exact) mass is 322 g/mol. The SMILES string of the molecule is CCCO[Si](C)(CS[Si](C)(C)C(C)(C)C)OCCC. The van der Waals surface area contributed by atoms with Gasteiger partial charge in [-0.1, -0.05) is 47.7 Å². The fourth-order valence-electron chi connectivity index (χ4n) is 1.29. The van der Waals surface area contributed by atoms with Gasteiger partial charge in [0, 0.05) is 18.6 Å². The summed E-state index contributed by atoms with van der Waals surface area (Å²) >= 11 is 2.14. The molecular weight excluding hydrogens is 288 g/mol. The van der Waals surface area contributed by atoms with Crippen LogP contribution >= 0.6 is 11.2 Å². The van der Waals surface area contributed by atoms with Crippen molar-refractivity contribution in [1.29, 1.82) is 0 Å². The van der Waals surface area contributed by atoms with Crippen LogP contribution in [0.5, 0.6) is 0 Å². The van der Waals surface area contributed by atoms with E-state index < -0.39 is 15.8 Å². The average Bonchev–Trinajstić information content (AvgIpc) is 2.30. The van der Waals surface area contributed by atoms with Crippen molar-refractivity contribution in [2.45, 2.75) is 72.1 Å². The van der Waals surface area contributed by atoms with Crippen LogP contribution in [0.3, 0.4) is 0 Å². The van der Waals surface area contributed by atoms with Crippen LogP contribution in [0.4, 0.5) is 0 Å². The van der Waals surface area contributed by atoms with Gasteiger partial charge in [-0.05, 0) is 24.4 Å². The molecule has 0 heterocycles. The largest absolute Gasteiger partial charge is 0.394 e. The number of hydrogen-bond donors (Lipinski definition) is 0. The third kappa shape index (κ3) is 7.32. The summed E-state index contributed by atoms with van der Waals surface area (Å²) in [7, 11) is -3.28. The smallest absolute Gasteiger partial charge is 0.344 e. The molecule has 0 saturated heterocycles. The van der Waals surface area contributed by atoms with E-state index in [0.29, 0.717) is 5.04 Å². The van der Waals surface area contributed by atoms with E-state index in [1.165, 1.54) is 0 Å². The summed E-state index contributed by atoms with van der Waals surface area (Å²) in [5.74, 6) is 0. The molecule has 0 rings (SSSR count). The molecule has 0 unspecified atom stereocenters. The summed E-state index contributed by atoms with van der Waals surface area (Å²) < 4.78 is 12.2. The van der Waals surface area contributed by atoms with Crippen molar-refractivity contribution < 1.29 is 8.85 Å². The van der Waals surface area contributed by atoms with Gasteiger partial charge in [-0.25, -0.2) is 0 Å². The second-order valence-corrected chi connectivity index (χ2v) is 19.6. The van der Waals surface area contributed by atoms with E-state index in [0.717, 1.165) is 31.4 Å². The van der Waals surface area contributed by atoms with Gasteiger partial charge in [0.15, 0.2) is 0 Å². The van der Waals surface area contributed by atoms with E-state index >= 15 is 0 Å². The average molecular weight is 323 g/mol. The molecule has 0 aromatic carbocycles. The maximum Gasteiger partial charge on any atom is 0.344 e. The molecule has 0 bridgehead atoms. The molecule has 0 aromatic rings. The Kier molecular flexibility index (Phi) is 8.53. The van der Waals surface area contributed by atoms with Gasteiger partial charge in [0.1, 0.15) is 7.22 Å². The topological polar surface area (TPSA) is 18.5 Å². The maximum absolute atomic E-state index is 6.11. The highest BCUT2D eigenvalue weighted by molar-refractivity contribution is 8.29. The van der Waals surface area contributed by atoms with Crippen molar-refractivity contribution in [2.24, 2.45) is 0 Å². The zero-order valence-corrected chi connectivity index (χ0v) is 17.1. The van der Waals surface area contributed by atoms with E-state index in [1.807, 2.05) is 0 Å². The van der Waals surface area contributed by atoms with Crippen molar-refractivity contribution >= 4 is 27.0 Å². The van der Waals surface area contributed by atoms with Gasteiger partial charge in [0.05, 0.1) is 0 Å². The molecule has 0 aromatic heterocycles. The predicted molar refractivity (Wildman–Crippen MR) is 93.8 cm³/mol. The van der Waals surface area contributed by atoms with Crippen LogP contribution in [0, 0.1) is 0 Å². The zero-order valence-electron chi connectivity index (χ0n) is 14.3. The van der Waals surface area contributed by atoms with E-state index in [2.05, 4.69) is 65.5 Å². The molecular formula is C14H34O2SSi2. The first-order chi connectivity index (χ1) is 8.58. The summed E-state index contributed by atoms with van der Waals surface area (Å²) in [5.41, 5.74) is 0. The van der Waals surface area contributed by atoms with Gasteiger partial charge in [0.25, 0.3) is 0 Å². The Hall–Kier alpha value is 0.704. The summed E-state index contributed by atoms with van der Waals surface area (Å²) in [6.07, 6.45) is 2.14. The van der Waals surface area contributed by atoms with E-state index in [9.17, 15) is 0 Å². The van der Waals surface area contributed by atoms with Crippen LogP contribution in [-0.4, -0.2) is 34.4 Å². The minimum absolute atomic E-state index is 0.419. The van der Waals surface area contributed by atoms with Crippen molar-refractivity contribution in [3.63, 3.8) is 0 Å². The molecule has 116 valence electrons. The molecule has 0 spiro atoms. The molecule has 5 heteroatoms. The van der Waals surface area contributed by atoms with Crippen LogP contribution in [0.2, 0.25) is 24.7 Å². The number of rotatable bonds is 9.